The number of carboxylic acid groups (broad SMARTS) is 1. The second-order valence-corrected chi connectivity index (χ2v) is 1.46. The van der Waals surface area contributed by atoms with E-state index in [2.05, 4.69) is 0 Å². The Kier molecular flexibility index (Phi) is 3.03. The minimum atomic E-state index is -1.07. The molecule has 0 radical (unpaired) electrons. The van der Waals surface area contributed by atoms with Gasteiger partial charge >= 0.3 is 5.97 Å². The summed E-state index contributed by atoms with van der Waals surface area (Å²) in [6, 6.07) is 0. The molecule has 0 aromatic rings. The molecule has 0 bridgehead atoms. The third-order valence-electron chi connectivity index (χ3n) is 0.463. The van der Waals surface area contributed by atoms with E-state index < -0.39 is 5.97 Å². The molecule has 0 unspecified atom stereocenters. The van der Waals surface area contributed by atoms with E-state index >= 15 is 0 Å². The van der Waals surface area contributed by atoms with Crippen LogP contribution >= 0.6 is 11.6 Å². The molecule has 3 nitrogen and oxygen atoms in total. The van der Waals surface area contributed by atoms with Crippen molar-refractivity contribution >= 4 is 17.6 Å². The van der Waals surface area contributed by atoms with Gasteiger partial charge in [-0.3, -0.25) is 0 Å². The van der Waals surface area contributed by atoms with Crippen molar-refractivity contribution < 1.29 is 9.90 Å². The van der Waals surface area contributed by atoms with Crippen LogP contribution in [0, 0.1) is 0 Å². The number of allylic oxidation sites excluding steroid dienone is 1. The molecule has 0 aromatic carbocycles. The van der Waals surface area contributed by atoms with Gasteiger partial charge in [0.25, 0.3) is 0 Å². The molecular formula is C4H6ClNO2. The molecule has 4 heteroatoms. The molecule has 0 amide bonds. The van der Waals surface area contributed by atoms with Crippen molar-refractivity contribution in [3.63, 3.8) is 0 Å². The molecule has 0 aliphatic heterocycles. The Balaban J connectivity index is 3.75. The van der Waals surface area contributed by atoms with Gasteiger partial charge < -0.3 is 10.8 Å². The molecule has 0 rings (SSSR count). The highest BCUT2D eigenvalue weighted by Gasteiger charge is 1.89. The molecule has 0 saturated heterocycles. The van der Waals surface area contributed by atoms with E-state index in [0.29, 0.717) is 0 Å². The van der Waals surface area contributed by atoms with Gasteiger partial charge in [-0.2, -0.15) is 0 Å². The quantitative estimate of drug-likeness (QED) is 0.419. The summed E-state index contributed by atoms with van der Waals surface area (Å²) in [6.07, 6.45) is 0.868. The van der Waals surface area contributed by atoms with Gasteiger partial charge in [-0.25, -0.2) is 4.79 Å². The molecule has 3 N–H and O–H groups in total. The molecule has 0 aliphatic carbocycles. The molecular weight excluding hydrogens is 130 g/mol. The van der Waals surface area contributed by atoms with E-state index in [4.69, 9.17) is 22.4 Å². The highest BCUT2D eigenvalue weighted by Crippen LogP contribution is 1.85. The van der Waals surface area contributed by atoms with Gasteiger partial charge in [0.05, 0.1) is 5.88 Å². The number of alkyl halides is 1. The maximum Gasteiger partial charge on any atom is 0.330 e. The number of hydrogen-bond acceptors (Lipinski definition) is 2. The topological polar surface area (TPSA) is 63.3 Å². The molecule has 0 fully saturated rings. The van der Waals surface area contributed by atoms with Crippen LogP contribution in [0.5, 0.6) is 0 Å². The number of aliphatic carboxylic acids is 1. The third-order valence-corrected chi connectivity index (χ3v) is 0.772. The monoisotopic (exact) mass is 135 g/mol. The van der Waals surface area contributed by atoms with Crippen LogP contribution in [0.3, 0.4) is 0 Å². The maximum absolute atomic E-state index is 9.75. The Morgan fingerprint density at radius 2 is 2.38 bits per heavy atom. The Labute approximate surface area is 51.7 Å². The number of hydrogen-bond donors (Lipinski definition) is 2. The van der Waals surface area contributed by atoms with E-state index in [9.17, 15) is 4.79 Å². The number of nitrogens with two attached hydrogens (primary N) is 1. The molecule has 46 valence electrons. The lowest BCUT2D eigenvalue weighted by Crippen LogP contribution is -2.02. The highest BCUT2D eigenvalue weighted by atomic mass is 35.5. The zero-order valence-electron chi connectivity index (χ0n) is 4.10. The summed E-state index contributed by atoms with van der Waals surface area (Å²) in [5.74, 6) is -1.00. The van der Waals surface area contributed by atoms with Crippen LogP contribution in [0.2, 0.25) is 0 Å². The SMILES string of the molecule is NC(=CC(=O)O)CCl. The first-order valence-corrected chi connectivity index (χ1v) is 2.45. The highest BCUT2D eigenvalue weighted by molar-refractivity contribution is 6.19. The van der Waals surface area contributed by atoms with E-state index in [1.165, 1.54) is 0 Å². The van der Waals surface area contributed by atoms with Gasteiger partial charge in [-0.1, -0.05) is 0 Å². The lowest BCUT2D eigenvalue weighted by Gasteiger charge is -1.86. The molecule has 8 heavy (non-hydrogen) atoms. The smallest absolute Gasteiger partial charge is 0.330 e. The van der Waals surface area contributed by atoms with Crippen molar-refractivity contribution in [2.45, 2.75) is 0 Å². The predicted octanol–water partition coefficient (Wildman–Crippen LogP) is 0.152. The first-order valence-electron chi connectivity index (χ1n) is 1.91. The summed E-state index contributed by atoms with van der Waals surface area (Å²) in [4.78, 5) is 9.75. The normalized spacial score (nSPS) is 11.4. The zero-order chi connectivity index (χ0) is 6.57. The van der Waals surface area contributed by atoms with E-state index in [1.54, 1.807) is 0 Å². The van der Waals surface area contributed by atoms with Crippen LogP contribution < -0.4 is 5.73 Å². The first-order chi connectivity index (χ1) is 3.66. The summed E-state index contributed by atoms with van der Waals surface area (Å²) in [5, 5.41) is 8.00. The van der Waals surface area contributed by atoms with Crippen molar-refractivity contribution in [3.05, 3.63) is 11.8 Å². The van der Waals surface area contributed by atoms with Crippen LogP contribution in [0.15, 0.2) is 11.8 Å². The summed E-state index contributed by atoms with van der Waals surface area (Å²) in [6.45, 7) is 0. The first kappa shape index (κ1) is 7.30. The number of halogens is 1. The van der Waals surface area contributed by atoms with E-state index in [1.807, 2.05) is 0 Å². The standard InChI is InChI=1S/C4H6ClNO2/c5-2-3(6)1-4(7)8/h1H,2,6H2,(H,7,8). The summed E-state index contributed by atoms with van der Waals surface area (Å²) < 4.78 is 0. The maximum atomic E-state index is 9.75. The van der Waals surface area contributed by atoms with Gasteiger partial charge in [0.2, 0.25) is 0 Å². The zero-order valence-corrected chi connectivity index (χ0v) is 4.85. The van der Waals surface area contributed by atoms with Gasteiger partial charge in [-0.05, 0) is 0 Å². The van der Waals surface area contributed by atoms with Crippen molar-refractivity contribution in [1.29, 1.82) is 0 Å². The molecule has 0 saturated carbocycles. The summed E-state index contributed by atoms with van der Waals surface area (Å²) in [7, 11) is 0. The fourth-order valence-electron chi connectivity index (χ4n) is 0.197. The molecule has 0 spiro atoms. The van der Waals surface area contributed by atoms with Gasteiger partial charge in [0.1, 0.15) is 0 Å². The summed E-state index contributed by atoms with van der Waals surface area (Å²) in [5.41, 5.74) is 5.19. The van der Waals surface area contributed by atoms with Crippen molar-refractivity contribution in [3.8, 4) is 0 Å². The Morgan fingerprint density at radius 3 is 2.50 bits per heavy atom. The van der Waals surface area contributed by atoms with Crippen LogP contribution in [0.1, 0.15) is 0 Å². The summed E-state index contributed by atoms with van der Waals surface area (Å²) >= 11 is 5.14. The lowest BCUT2D eigenvalue weighted by atomic mass is 10.4. The van der Waals surface area contributed by atoms with Crippen LogP contribution in [0.4, 0.5) is 0 Å². The van der Waals surface area contributed by atoms with Crippen molar-refractivity contribution in [1.82, 2.24) is 0 Å². The Bertz CT molecular complexity index is 121. The Hall–Kier alpha value is -0.700. The van der Waals surface area contributed by atoms with Crippen molar-refractivity contribution in [2.24, 2.45) is 5.73 Å². The number of rotatable bonds is 2. The number of carbonyl (C=O) groups is 1. The predicted molar refractivity (Wildman–Crippen MR) is 30.6 cm³/mol. The molecule has 0 atom stereocenters. The second-order valence-electron chi connectivity index (χ2n) is 1.19. The minimum absolute atomic E-state index is 0.0618. The fraction of sp³-hybridized carbons (Fsp3) is 0.250. The lowest BCUT2D eigenvalue weighted by molar-refractivity contribution is -0.131. The van der Waals surface area contributed by atoms with Gasteiger partial charge in [0.15, 0.2) is 0 Å². The van der Waals surface area contributed by atoms with E-state index in [-0.39, 0.29) is 11.6 Å². The second kappa shape index (κ2) is 3.32. The average Bonchev–Trinajstić information content (AvgIpc) is 1.65. The Morgan fingerprint density at radius 1 is 1.88 bits per heavy atom. The van der Waals surface area contributed by atoms with Gasteiger partial charge in [-0.15, -0.1) is 11.6 Å². The molecule has 0 aliphatic rings. The molecule has 0 aromatic heterocycles. The average molecular weight is 136 g/mol. The third kappa shape index (κ3) is 3.49. The minimum Gasteiger partial charge on any atom is -0.478 e. The van der Waals surface area contributed by atoms with Crippen LogP contribution in [0.25, 0.3) is 0 Å². The fourth-order valence-corrected chi connectivity index (χ4v) is 0.274. The van der Waals surface area contributed by atoms with Gasteiger partial charge in [0, 0.05) is 11.8 Å². The largest absolute Gasteiger partial charge is 0.478 e. The van der Waals surface area contributed by atoms with Crippen LogP contribution in [-0.4, -0.2) is 17.0 Å². The molecule has 0 heterocycles. The van der Waals surface area contributed by atoms with E-state index in [0.717, 1.165) is 6.08 Å². The van der Waals surface area contributed by atoms with Crippen LogP contribution in [-0.2, 0) is 4.79 Å². The number of carboxylic acids is 1. The van der Waals surface area contributed by atoms with Crippen molar-refractivity contribution in [2.75, 3.05) is 5.88 Å².